The van der Waals surface area contributed by atoms with E-state index < -0.39 is 41.2 Å². The smallest absolute Gasteiger partial charge is 0.371 e. The average Bonchev–Trinajstić information content (AvgIpc) is 2.86. The summed E-state index contributed by atoms with van der Waals surface area (Å²) >= 11 is 0. The number of hydrogen-bond acceptors (Lipinski definition) is 3. The van der Waals surface area contributed by atoms with E-state index in [4.69, 9.17) is 9.73 Å². The minimum absolute atomic E-state index is 0.0764. The zero-order chi connectivity index (χ0) is 27.4. The monoisotopic (exact) mass is 524 g/mol. The number of nitrogens with one attached hydrogen (secondary N) is 1. The molecule has 1 heterocycles. The summed E-state index contributed by atoms with van der Waals surface area (Å²) in [5.41, 5.74) is -3.12. The molecule has 198 valence electrons. The molecule has 3 rings (SSSR count). The first kappa shape index (κ1) is 28.2. The number of alkyl halides is 6. The Labute approximate surface area is 210 Å². The van der Waals surface area contributed by atoms with Crippen molar-refractivity contribution < 1.29 is 35.9 Å². The topological polar surface area (TPSA) is 50.7 Å². The third-order valence-electron chi connectivity index (χ3n) is 6.11. The van der Waals surface area contributed by atoms with Crippen LogP contribution in [0.15, 0.2) is 78.8 Å². The van der Waals surface area contributed by atoms with Crippen LogP contribution in [0.3, 0.4) is 0 Å². The molecule has 0 aliphatic carbocycles. The zero-order valence-electron chi connectivity index (χ0n) is 20.0. The lowest BCUT2D eigenvalue weighted by Crippen LogP contribution is -2.45. The molecule has 0 saturated carbocycles. The number of carbonyl (C=O) groups excluding carboxylic acids is 1. The molecule has 2 aromatic carbocycles. The molecule has 0 radical (unpaired) electrons. The van der Waals surface area contributed by atoms with Crippen molar-refractivity contribution in [1.82, 2.24) is 5.32 Å². The fourth-order valence-electron chi connectivity index (χ4n) is 3.99. The van der Waals surface area contributed by atoms with Gasteiger partial charge in [0.25, 0.3) is 0 Å². The van der Waals surface area contributed by atoms with Crippen molar-refractivity contribution in [3.63, 3.8) is 0 Å². The van der Waals surface area contributed by atoms with Crippen LogP contribution in [0.2, 0.25) is 0 Å². The van der Waals surface area contributed by atoms with Gasteiger partial charge in [0, 0.05) is 12.1 Å². The van der Waals surface area contributed by atoms with E-state index >= 15 is 0 Å². The third kappa shape index (κ3) is 6.68. The predicted octanol–water partition coefficient (Wildman–Crippen LogP) is 6.79. The number of rotatable bonds is 8. The molecule has 0 bridgehead atoms. The summed E-state index contributed by atoms with van der Waals surface area (Å²) in [7, 11) is 0. The molecule has 4 nitrogen and oxygen atoms in total. The van der Waals surface area contributed by atoms with E-state index in [2.05, 4.69) is 18.5 Å². The van der Waals surface area contributed by atoms with Gasteiger partial charge < -0.3 is 10.1 Å². The van der Waals surface area contributed by atoms with Gasteiger partial charge in [-0.05, 0) is 42.7 Å². The fourth-order valence-corrected chi connectivity index (χ4v) is 3.99. The largest absolute Gasteiger partial charge is 0.416 e. The van der Waals surface area contributed by atoms with Crippen molar-refractivity contribution >= 4 is 11.6 Å². The van der Waals surface area contributed by atoms with Gasteiger partial charge in [0.05, 0.1) is 29.9 Å². The highest BCUT2D eigenvalue weighted by Gasteiger charge is 2.38. The molecular weight excluding hydrogens is 498 g/mol. The van der Waals surface area contributed by atoms with Crippen LogP contribution in [0.5, 0.6) is 0 Å². The lowest BCUT2D eigenvalue weighted by Gasteiger charge is -2.32. The maximum Gasteiger partial charge on any atom is 0.416 e. The highest BCUT2D eigenvalue weighted by Crippen LogP contribution is 2.39. The first-order valence-corrected chi connectivity index (χ1v) is 11.4. The van der Waals surface area contributed by atoms with Gasteiger partial charge in [0.15, 0.2) is 0 Å². The second kappa shape index (κ2) is 10.9. The summed E-state index contributed by atoms with van der Waals surface area (Å²) in [6, 6.07) is 9.64. The maximum absolute atomic E-state index is 13.3. The summed E-state index contributed by atoms with van der Waals surface area (Å²) in [5.74, 6) is -0.164. The van der Waals surface area contributed by atoms with E-state index in [1.807, 2.05) is 0 Å². The van der Waals surface area contributed by atoms with Gasteiger partial charge in [0.2, 0.25) is 5.91 Å². The quantitative estimate of drug-likeness (QED) is 0.306. The Hall–Kier alpha value is -3.40. The number of hydrogen-bond donors (Lipinski definition) is 1. The summed E-state index contributed by atoms with van der Waals surface area (Å²) in [5, 5.41) is 2.77. The van der Waals surface area contributed by atoms with Gasteiger partial charge in [-0.1, -0.05) is 42.5 Å². The highest BCUT2D eigenvalue weighted by atomic mass is 19.4. The standard InChI is InChI=1S/C27H26F6N2O2/c1-4-22-23(11-12-24(36)34-22)35-25(5-2,19-9-7-6-8-10-19)16-37-17(3)18-13-20(26(28,29)30)15-21(14-18)27(31,32)33/h4-10,13-15,17,22H,1-2,11-12,16H2,3H3,(H,34,36)/t17-,22?,25-/m1/s1. The fraction of sp³-hybridized carbons (Fsp3) is 0.333. The molecule has 0 aromatic heterocycles. The van der Waals surface area contributed by atoms with Crippen molar-refractivity contribution in [3.8, 4) is 0 Å². The Morgan fingerprint density at radius 3 is 2.11 bits per heavy atom. The van der Waals surface area contributed by atoms with Gasteiger partial charge >= 0.3 is 12.4 Å². The maximum atomic E-state index is 13.3. The molecule has 1 saturated heterocycles. The van der Waals surface area contributed by atoms with Gasteiger partial charge in [-0.15, -0.1) is 13.2 Å². The molecule has 2 aromatic rings. The van der Waals surface area contributed by atoms with Gasteiger partial charge in [-0.2, -0.15) is 26.3 Å². The van der Waals surface area contributed by atoms with Crippen LogP contribution in [-0.2, 0) is 27.4 Å². The first-order valence-electron chi connectivity index (χ1n) is 11.4. The number of piperidine rings is 1. The van der Waals surface area contributed by atoms with Gasteiger partial charge in [0.1, 0.15) is 5.54 Å². The normalized spacial score (nSPS) is 20.1. The van der Waals surface area contributed by atoms with Crippen LogP contribution >= 0.6 is 0 Å². The van der Waals surface area contributed by atoms with Crippen LogP contribution in [0.4, 0.5) is 26.3 Å². The Kier molecular flexibility index (Phi) is 8.32. The van der Waals surface area contributed by atoms with Crippen LogP contribution in [-0.4, -0.2) is 24.3 Å². The lowest BCUT2D eigenvalue weighted by molar-refractivity contribution is -0.143. The van der Waals surface area contributed by atoms with Crippen molar-refractivity contribution in [2.75, 3.05) is 6.61 Å². The highest BCUT2D eigenvalue weighted by molar-refractivity contribution is 6.00. The molecule has 1 aliphatic rings. The third-order valence-corrected chi connectivity index (χ3v) is 6.11. The Balaban J connectivity index is 2.00. The molecule has 3 atom stereocenters. The predicted molar refractivity (Wildman–Crippen MR) is 128 cm³/mol. The minimum Gasteiger partial charge on any atom is -0.371 e. The summed E-state index contributed by atoms with van der Waals surface area (Å²) in [4.78, 5) is 16.7. The van der Waals surface area contributed by atoms with Crippen LogP contribution < -0.4 is 5.32 Å². The SMILES string of the molecule is C=CC1NC(=O)CCC1=N[C@](C=C)(CO[C@H](C)c1cc(C(F)(F)F)cc(C(F)(F)F)c1)c1ccccc1. The molecule has 1 fully saturated rings. The van der Waals surface area contributed by atoms with E-state index in [0.29, 0.717) is 29.8 Å². The molecular formula is C27H26F6N2O2. The van der Waals surface area contributed by atoms with Gasteiger partial charge in [-0.25, -0.2) is 0 Å². The number of benzene rings is 2. The summed E-state index contributed by atoms with van der Waals surface area (Å²) < 4.78 is 85.9. The van der Waals surface area contributed by atoms with Crippen molar-refractivity contribution in [2.24, 2.45) is 4.99 Å². The average molecular weight is 525 g/mol. The number of carbonyl (C=O) groups is 1. The molecule has 1 N–H and O–H groups in total. The Morgan fingerprint density at radius 2 is 1.59 bits per heavy atom. The number of halogens is 6. The molecule has 1 aliphatic heterocycles. The number of amides is 1. The second-order valence-electron chi connectivity index (χ2n) is 8.67. The van der Waals surface area contributed by atoms with Gasteiger partial charge in [-0.3, -0.25) is 9.79 Å². The zero-order valence-corrected chi connectivity index (χ0v) is 20.0. The minimum atomic E-state index is -4.97. The molecule has 1 amide bonds. The number of aliphatic imine (C=N–C) groups is 1. The van der Waals surface area contributed by atoms with E-state index in [9.17, 15) is 31.1 Å². The molecule has 37 heavy (non-hydrogen) atoms. The Bertz CT molecular complexity index is 1140. The van der Waals surface area contributed by atoms with Crippen molar-refractivity contribution in [1.29, 1.82) is 0 Å². The van der Waals surface area contributed by atoms with Crippen LogP contribution in [0, 0.1) is 0 Å². The number of nitrogens with zero attached hydrogens (tertiary/aromatic N) is 1. The first-order chi connectivity index (χ1) is 17.3. The molecule has 1 unspecified atom stereocenters. The van der Waals surface area contributed by atoms with Crippen LogP contribution in [0.25, 0.3) is 0 Å². The lowest BCUT2D eigenvalue weighted by atomic mass is 9.89. The Morgan fingerprint density at radius 1 is 1.00 bits per heavy atom. The van der Waals surface area contributed by atoms with Crippen molar-refractivity contribution in [3.05, 3.63) is 96.1 Å². The molecule has 0 spiro atoms. The van der Waals surface area contributed by atoms with E-state index in [0.717, 1.165) is 0 Å². The summed E-state index contributed by atoms with van der Waals surface area (Å²) in [6.07, 6.45) is -7.52. The molecule has 10 heteroatoms. The second-order valence-corrected chi connectivity index (χ2v) is 8.67. The van der Waals surface area contributed by atoms with Crippen molar-refractivity contribution in [2.45, 2.75) is 49.8 Å². The van der Waals surface area contributed by atoms with E-state index in [1.165, 1.54) is 19.1 Å². The number of ether oxygens (including phenoxy) is 1. The van der Waals surface area contributed by atoms with E-state index in [1.54, 1.807) is 30.3 Å². The van der Waals surface area contributed by atoms with Crippen LogP contribution in [0.1, 0.15) is 48.1 Å². The van der Waals surface area contributed by atoms with E-state index in [-0.39, 0.29) is 30.6 Å². The summed E-state index contributed by atoms with van der Waals surface area (Å²) in [6.45, 7) is 8.75.